The Bertz CT molecular complexity index is 381. The van der Waals surface area contributed by atoms with Gasteiger partial charge in [-0.25, -0.2) is 0 Å². The lowest BCUT2D eigenvalue weighted by atomic mass is 9.76. The zero-order valence-corrected chi connectivity index (χ0v) is 16.4. The summed E-state index contributed by atoms with van der Waals surface area (Å²) in [5, 5.41) is 9.26. The van der Waals surface area contributed by atoms with Gasteiger partial charge in [0.25, 0.3) is 0 Å². The number of hydrogen-bond donors (Lipinski definition) is 1. The van der Waals surface area contributed by atoms with E-state index in [1.54, 1.807) is 0 Å². The summed E-state index contributed by atoms with van der Waals surface area (Å²) in [6.07, 6.45) is 21.5. The maximum absolute atomic E-state index is 9.26. The Balaban J connectivity index is 1.34. The number of rotatable bonds is 6. The molecule has 1 saturated heterocycles. The lowest BCUT2D eigenvalue weighted by Gasteiger charge is -2.37. The Labute approximate surface area is 155 Å². The van der Waals surface area contributed by atoms with Crippen molar-refractivity contribution in [1.29, 1.82) is 0 Å². The highest BCUT2D eigenvalue weighted by molar-refractivity contribution is 4.97. The molecule has 0 spiro atoms. The lowest BCUT2D eigenvalue weighted by Crippen LogP contribution is -2.34. The number of hydrogen-bond acceptors (Lipinski definition) is 2. The molecule has 0 amide bonds. The Hall–Kier alpha value is -0.340. The molecule has 2 nitrogen and oxygen atoms in total. The summed E-state index contributed by atoms with van der Waals surface area (Å²) in [7, 11) is 0. The largest absolute Gasteiger partial charge is 0.396 e. The third-order valence-corrected chi connectivity index (χ3v) is 7.25. The average Bonchev–Trinajstić information content (AvgIpc) is 2.68. The summed E-state index contributed by atoms with van der Waals surface area (Å²) in [5.74, 6) is 3.82. The van der Waals surface area contributed by atoms with Crippen molar-refractivity contribution in [2.75, 3.05) is 13.2 Å². The second-order valence-electron chi connectivity index (χ2n) is 9.13. The molecule has 144 valence electrons. The van der Waals surface area contributed by atoms with Crippen LogP contribution in [0.25, 0.3) is 0 Å². The molecule has 1 aliphatic heterocycles. The fraction of sp³-hybridized carbons (Fsp3) is 0.913. The summed E-state index contributed by atoms with van der Waals surface area (Å²) in [6, 6.07) is 0. The summed E-state index contributed by atoms with van der Waals surface area (Å²) < 4.78 is 6.26. The van der Waals surface area contributed by atoms with Gasteiger partial charge in [-0.2, -0.15) is 0 Å². The Morgan fingerprint density at radius 3 is 1.92 bits per heavy atom. The standard InChI is InChI=1S/C23H40O2/c1-2-3-21-12-15-23(25-17-21)22-13-10-19(11-14-22)5-4-18-6-8-20(16-24)9-7-18/h4-5,18-24H,2-3,6-17H2,1H3/b5-4+. The van der Waals surface area contributed by atoms with Gasteiger partial charge >= 0.3 is 0 Å². The minimum Gasteiger partial charge on any atom is -0.396 e. The molecule has 3 aliphatic rings. The van der Waals surface area contributed by atoms with E-state index >= 15 is 0 Å². The van der Waals surface area contributed by atoms with Gasteiger partial charge in [0, 0.05) is 13.2 Å². The van der Waals surface area contributed by atoms with E-state index in [0.717, 1.165) is 30.3 Å². The lowest BCUT2D eigenvalue weighted by molar-refractivity contribution is -0.0583. The van der Waals surface area contributed by atoms with E-state index in [1.807, 2.05) is 0 Å². The first-order valence-electron chi connectivity index (χ1n) is 11.2. The van der Waals surface area contributed by atoms with Gasteiger partial charge in [-0.05, 0) is 100 Å². The smallest absolute Gasteiger partial charge is 0.0603 e. The quantitative estimate of drug-likeness (QED) is 0.620. The molecular formula is C23H40O2. The molecule has 2 atom stereocenters. The zero-order chi connectivity index (χ0) is 17.5. The second-order valence-corrected chi connectivity index (χ2v) is 9.13. The van der Waals surface area contributed by atoms with E-state index in [9.17, 15) is 5.11 Å². The molecule has 3 rings (SSSR count). The van der Waals surface area contributed by atoms with E-state index in [4.69, 9.17) is 4.74 Å². The topological polar surface area (TPSA) is 29.5 Å². The molecule has 3 fully saturated rings. The van der Waals surface area contributed by atoms with E-state index in [0.29, 0.717) is 18.6 Å². The Kier molecular flexibility index (Phi) is 7.86. The zero-order valence-electron chi connectivity index (χ0n) is 16.4. The number of ether oxygens (including phenoxy) is 1. The van der Waals surface area contributed by atoms with Crippen LogP contribution in [0, 0.1) is 29.6 Å². The molecular weight excluding hydrogens is 308 g/mol. The van der Waals surface area contributed by atoms with Crippen molar-refractivity contribution in [3.63, 3.8) is 0 Å². The predicted octanol–water partition coefficient (Wildman–Crippen LogP) is 5.74. The van der Waals surface area contributed by atoms with Crippen LogP contribution in [0.3, 0.4) is 0 Å². The summed E-state index contributed by atoms with van der Waals surface area (Å²) in [4.78, 5) is 0. The van der Waals surface area contributed by atoms with Gasteiger partial charge in [-0.1, -0.05) is 25.5 Å². The van der Waals surface area contributed by atoms with Gasteiger partial charge in [-0.15, -0.1) is 0 Å². The molecule has 0 aromatic heterocycles. The van der Waals surface area contributed by atoms with Crippen molar-refractivity contribution in [1.82, 2.24) is 0 Å². The highest BCUT2D eigenvalue weighted by Crippen LogP contribution is 2.37. The van der Waals surface area contributed by atoms with Crippen LogP contribution in [0.5, 0.6) is 0 Å². The normalized spacial score (nSPS) is 40.4. The van der Waals surface area contributed by atoms with Crippen molar-refractivity contribution < 1.29 is 9.84 Å². The molecule has 0 aromatic rings. The first-order valence-corrected chi connectivity index (χ1v) is 11.2. The fourth-order valence-corrected chi connectivity index (χ4v) is 5.42. The van der Waals surface area contributed by atoms with E-state index in [2.05, 4.69) is 19.1 Å². The van der Waals surface area contributed by atoms with Crippen LogP contribution in [0.4, 0.5) is 0 Å². The van der Waals surface area contributed by atoms with Crippen molar-refractivity contribution in [3.8, 4) is 0 Å². The molecule has 25 heavy (non-hydrogen) atoms. The number of aliphatic hydroxyl groups is 1. The monoisotopic (exact) mass is 348 g/mol. The highest BCUT2D eigenvalue weighted by Gasteiger charge is 2.31. The average molecular weight is 349 g/mol. The van der Waals surface area contributed by atoms with Gasteiger partial charge in [-0.3, -0.25) is 0 Å². The molecule has 0 aromatic carbocycles. The molecule has 1 N–H and O–H groups in total. The molecule has 0 bridgehead atoms. The molecule has 0 radical (unpaired) electrons. The van der Waals surface area contributed by atoms with E-state index in [-0.39, 0.29) is 0 Å². The maximum atomic E-state index is 9.26. The minimum atomic E-state index is 0.392. The minimum absolute atomic E-state index is 0.392. The van der Waals surface area contributed by atoms with Crippen LogP contribution >= 0.6 is 0 Å². The molecule has 2 saturated carbocycles. The van der Waals surface area contributed by atoms with Gasteiger partial charge in [0.1, 0.15) is 0 Å². The summed E-state index contributed by atoms with van der Waals surface area (Å²) in [5.41, 5.74) is 0. The fourth-order valence-electron chi connectivity index (χ4n) is 5.42. The van der Waals surface area contributed by atoms with Crippen LogP contribution in [-0.2, 0) is 4.74 Å². The van der Waals surface area contributed by atoms with Gasteiger partial charge < -0.3 is 9.84 Å². The van der Waals surface area contributed by atoms with Crippen molar-refractivity contribution >= 4 is 0 Å². The summed E-state index contributed by atoms with van der Waals surface area (Å²) >= 11 is 0. The molecule has 1 heterocycles. The van der Waals surface area contributed by atoms with Crippen molar-refractivity contribution in [2.24, 2.45) is 29.6 Å². The van der Waals surface area contributed by atoms with Gasteiger partial charge in [0.15, 0.2) is 0 Å². The molecule has 2 unspecified atom stereocenters. The van der Waals surface area contributed by atoms with E-state index < -0.39 is 0 Å². The first kappa shape index (κ1) is 19.4. The molecule has 2 heteroatoms. The SMILES string of the molecule is CCCC1CCC(C2CCC(/C=C/C3CCC(CO)CC3)CC2)OC1. The van der Waals surface area contributed by atoms with Crippen molar-refractivity contribution in [3.05, 3.63) is 12.2 Å². The highest BCUT2D eigenvalue weighted by atomic mass is 16.5. The van der Waals surface area contributed by atoms with Crippen LogP contribution in [0.15, 0.2) is 12.2 Å². The maximum Gasteiger partial charge on any atom is 0.0603 e. The summed E-state index contributed by atoms with van der Waals surface area (Å²) in [6.45, 7) is 3.71. The number of aliphatic hydroxyl groups excluding tert-OH is 1. The van der Waals surface area contributed by atoms with Crippen LogP contribution in [-0.4, -0.2) is 24.4 Å². The van der Waals surface area contributed by atoms with Gasteiger partial charge in [0.2, 0.25) is 0 Å². The second kappa shape index (κ2) is 10.1. The number of allylic oxidation sites excluding steroid dienone is 2. The van der Waals surface area contributed by atoms with Crippen LogP contribution in [0.1, 0.15) is 84.0 Å². The van der Waals surface area contributed by atoms with E-state index in [1.165, 1.54) is 77.0 Å². The van der Waals surface area contributed by atoms with Crippen LogP contribution in [0.2, 0.25) is 0 Å². The Morgan fingerprint density at radius 1 is 0.800 bits per heavy atom. The first-order chi connectivity index (χ1) is 12.3. The predicted molar refractivity (Wildman–Crippen MR) is 104 cm³/mol. The third-order valence-electron chi connectivity index (χ3n) is 7.25. The third kappa shape index (κ3) is 5.82. The van der Waals surface area contributed by atoms with Gasteiger partial charge in [0.05, 0.1) is 6.10 Å². The Morgan fingerprint density at radius 2 is 1.40 bits per heavy atom. The van der Waals surface area contributed by atoms with Crippen LogP contribution < -0.4 is 0 Å². The molecule has 2 aliphatic carbocycles. The van der Waals surface area contributed by atoms with Crippen molar-refractivity contribution in [2.45, 2.75) is 90.1 Å².